The maximum Gasteiger partial charge on any atom is 0.355 e. The second-order valence-electron chi connectivity index (χ2n) is 7.09. The lowest BCUT2D eigenvalue weighted by Crippen LogP contribution is -2.30. The molecule has 0 atom stereocenters. The van der Waals surface area contributed by atoms with E-state index in [1.807, 2.05) is 36.4 Å². The van der Waals surface area contributed by atoms with Crippen molar-refractivity contribution in [3.63, 3.8) is 0 Å². The van der Waals surface area contributed by atoms with Crippen LogP contribution in [0.15, 0.2) is 65.7 Å². The van der Waals surface area contributed by atoms with Gasteiger partial charge in [0.2, 0.25) is 0 Å². The standard InChI is InChI=1S/C23H20N2O4S/c1-14(2)29-23(28)19-17-18(20(24-19)30-13-15-9-5-3-6-10-15)22(27)25(21(17)26)16-11-7-4-8-12-16/h3-12,14,24H,13H2,1-2H3. The third-order valence-electron chi connectivity index (χ3n) is 4.59. The smallest absolute Gasteiger partial charge is 0.355 e. The van der Waals surface area contributed by atoms with Gasteiger partial charge < -0.3 is 9.72 Å². The van der Waals surface area contributed by atoms with Gasteiger partial charge in [0, 0.05) is 5.75 Å². The van der Waals surface area contributed by atoms with Gasteiger partial charge in [0.25, 0.3) is 11.8 Å². The van der Waals surface area contributed by atoms with Crippen molar-refractivity contribution in [2.45, 2.75) is 30.7 Å². The number of carbonyl (C=O) groups is 3. The fraction of sp³-hybridized carbons (Fsp3) is 0.174. The molecule has 0 bridgehead atoms. The van der Waals surface area contributed by atoms with E-state index in [0.717, 1.165) is 10.5 Å². The molecule has 1 aliphatic heterocycles. The van der Waals surface area contributed by atoms with Gasteiger partial charge in [0.15, 0.2) is 0 Å². The van der Waals surface area contributed by atoms with Gasteiger partial charge in [0.05, 0.1) is 27.9 Å². The summed E-state index contributed by atoms with van der Waals surface area (Å²) in [6.07, 6.45) is -0.352. The molecule has 6 nitrogen and oxygen atoms in total. The number of anilines is 1. The number of aromatic amines is 1. The second kappa shape index (κ2) is 8.20. The van der Waals surface area contributed by atoms with Crippen LogP contribution in [0.4, 0.5) is 5.69 Å². The van der Waals surface area contributed by atoms with Gasteiger partial charge in [-0.15, -0.1) is 11.8 Å². The molecule has 7 heteroatoms. The Labute approximate surface area is 178 Å². The van der Waals surface area contributed by atoms with Gasteiger partial charge in [-0.3, -0.25) is 9.59 Å². The molecule has 3 aromatic rings. The third-order valence-corrected chi connectivity index (χ3v) is 5.66. The monoisotopic (exact) mass is 420 g/mol. The first-order valence-corrected chi connectivity index (χ1v) is 10.5. The van der Waals surface area contributed by atoms with Gasteiger partial charge in [-0.2, -0.15) is 0 Å². The number of imide groups is 1. The minimum Gasteiger partial charge on any atom is -0.458 e. The van der Waals surface area contributed by atoms with E-state index in [1.54, 1.807) is 38.1 Å². The second-order valence-corrected chi connectivity index (χ2v) is 8.07. The molecule has 0 unspecified atom stereocenters. The van der Waals surface area contributed by atoms with E-state index >= 15 is 0 Å². The number of benzene rings is 2. The van der Waals surface area contributed by atoms with Gasteiger partial charge >= 0.3 is 5.97 Å². The van der Waals surface area contributed by atoms with Crippen LogP contribution in [0.3, 0.4) is 0 Å². The van der Waals surface area contributed by atoms with Crippen molar-refractivity contribution in [1.29, 1.82) is 0 Å². The normalized spacial score (nSPS) is 13.1. The SMILES string of the molecule is CC(C)OC(=O)c1[nH]c(SCc2ccccc2)c2c1C(=O)N(c1ccccc1)C2=O. The minimum absolute atomic E-state index is 0.0195. The van der Waals surface area contributed by atoms with Gasteiger partial charge in [-0.1, -0.05) is 48.5 Å². The van der Waals surface area contributed by atoms with E-state index in [0.29, 0.717) is 16.5 Å². The molecule has 30 heavy (non-hydrogen) atoms. The summed E-state index contributed by atoms with van der Waals surface area (Å²) >= 11 is 1.38. The molecular weight excluding hydrogens is 400 g/mol. The Morgan fingerprint density at radius 1 is 0.967 bits per heavy atom. The quantitative estimate of drug-likeness (QED) is 0.356. The summed E-state index contributed by atoms with van der Waals surface area (Å²) in [7, 11) is 0. The van der Waals surface area contributed by atoms with Crippen molar-refractivity contribution >= 4 is 35.2 Å². The number of fused-ring (bicyclic) bond motifs is 1. The van der Waals surface area contributed by atoms with Crippen LogP contribution in [0.2, 0.25) is 0 Å². The Kier molecular flexibility index (Phi) is 5.46. The average Bonchev–Trinajstić information content (AvgIpc) is 3.24. The highest BCUT2D eigenvalue weighted by atomic mass is 32.2. The van der Waals surface area contributed by atoms with Crippen LogP contribution in [-0.2, 0) is 10.5 Å². The number of para-hydroxylation sites is 1. The van der Waals surface area contributed by atoms with Crippen molar-refractivity contribution in [1.82, 2.24) is 4.98 Å². The van der Waals surface area contributed by atoms with Gasteiger partial charge in [-0.05, 0) is 31.5 Å². The van der Waals surface area contributed by atoms with Crippen molar-refractivity contribution in [3.8, 4) is 0 Å². The summed E-state index contributed by atoms with van der Waals surface area (Å²) in [5, 5.41) is 0.487. The summed E-state index contributed by atoms with van der Waals surface area (Å²) in [4.78, 5) is 43.1. The van der Waals surface area contributed by atoms with Gasteiger partial charge in [-0.25, -0.2) is 9.69 Å². The van der Waals surface area contributed by atoms with E-state index in [-0.39, 0.29) is 22.9 Å². The lowest BCUT2D eigenvalue weighted by atomic mass is 10.2. The van der Waals surface area contributed by atoms with Crippen molar-refractivity contribution < 1.29 is 19.1 Å². The number of nitrogens with one attached hydrogen (secondary N) is 1. The molecule has 1 N–H and O–H groups in total. The average molecular weight is 420 g/mol. The molecule has 2 aromatic carbocycles. The highest BCUT2D eigenvalue weighted by molar-refractivity contribution is 7.98. The van der Waals surface area contributed by atoms with Crippen molar-refractivity contribution in [2.24, 2.45) is 0 Å². The predicted octanol–water partition coefficient (Wildman–Crippen LogP) is 4.67. The maximum atomic E-state index is 13.2. The highest BCUT2D eigenvalue weighted by Crippen LogP contribution is 2.38. The summed E-state index contributed by atoms with van der Waals surface area (Å²) in [5.74, 6) is -1.04. The highest BCUT2D eigenvalue weighted by Gasteiger charge is 2.44. The number of aromatic nitrogens is 1. The number of rotatable bonds is 6. The first kappa shape index (κ1) is 20.0. The van der Waals surface area contributed by atoms with E-state index in [4.69, 9.17) is 4.74 Å². The van der Waals surface area contributed by atoms with E-state index in [9.17, 15) is 14.4 Å². The molecule has 0 radical (unpaired) electrons. The molecule has 1 aromatic heterocycles. The van der Waals surface area contributed by atoms with E-state index in [1.165, 1.54) is 11.8 Å². The molecule has 152 valence electrons. The van der Waals surface area contributed by atoms with Crippen LogP contribution in [0.25, 0.3) is 0 Å². The van der Waals surface area contributed by atoms with Crippen LogP contribution in [-0.4, -0.2) is 28.9 Å². The van der Waals surface area contributed by atoms with Gasteiger partial charge in [0.1, 0.15) is 5.69 Å². The number of hydrogen-bond acceptors (Lipinski definition) is 5. The number of nitrogens with zero attached hydrogens (tertiary/aromatic N) is 1. The van der Waals surface area contributed by atoms with Crippen molar-refractivity contribution in [3.05, 3.63) is 83.0 Å². The Morgan fingerprint density at radius 3 is 2.20 bits per heavy atom. The molecular formula is C23H20N2O4S. The first-order valence-electron chi connectivity index (χ1n) is 9.55. The Morgan fingerprint density at radius 2 is 1.57 bits per heavy atom. The van der Waals surface area contributed by atoms with E-state index in [2.05, 4.69) is 4.98 Å². The third kappa shape index (κ3) is 3.64. The van der Waals surface area contributed by atoms with Crippen LogP contribution >= 0.6 is 11.8 Å². The van der Waals surface area contributed by atoms with Crippen LogP contribution in [0.5, 0.6) is 0 Å². The molecule has 0 aliphatic carbocycles. The molecule has 2 heterocycles. The number of amides is 2. The number of thioether (sulfide) groups is 1. The lowest BCUT2D eigenvalue weighted by Gasteiger charge is -2.15. The first-order chi connectivity index (χ1) is 14.5. The Bertz CT molecular complexity index is 1110. The van der Waals surface area contributed by atoms with E-state index < -0.39 is 17.8 Å². The number of ether oxygens (including phenoxy) is 1. The summed E-state index contributed by atoms with van der Waals surface area (Å²) in [5.41, 5.74) is 1.84. The maximum absolute atomic E-state index is 13.2. The molecule has 2 amide bonds. The summed E-state index contributed by atoms with van der Waals surface area (Å²) in [6.45, 7) is 3.46. The zero-order valence-electron chi connectivity index (χ0n) is 16.5. The molecule has 1 aliphatic rings. The number of esters is 1. The zero-order valence-corrected chi connectivity index (χ0v) is 17.4. The zero-order chi connectivity index (χ0) is 21.3. The van der Waals surface area contributed by atoms with Crippen LogP contribution in [0.1, 0.15) is 50.6 Å². The van der Waals surface area contributed by atoms with Crippen molar-refractivity contribution in [2.75, 3.05) is 4.90 Å². The van der Waals surface area contributed by atoms with Crippen LogP contribution < -0.4 is 4.90 Å². The molecule has 0 fully saturated rings. The summed E-state index contributed by atoms with van der Waals surface area (Å²) < 4.78 is 5.30. The molecule has 4 rings (SSSR count). The number of hydrogen-bond donors (Lipinski definition) is 1. The topological polar surface area (TPSA) is 79.5 Å². The molecule has 0 spiro atoms. The fourth-order valence-electron chi connectivity index (χ4n) is 3.29. The molecule has 0 saturated carbocycles. The largest absolute Gasteiger partial charge is 0.458 e. The van der Waals surface area contributed by atoms with Crippen LogP contribution in [0, 0.1) is 0 Å². The Hall–Kier alpha value is -3.32. The predicted molar refractivity (Wildman–Crippen MR) is 115 cm³/mol. The molecule has 0 saturated heterocycles. The minimum atomic E-state index is -0.649. The Balaban J connectivity index is 1.75. The lowest BCUT2D eigenvalue weighted by molar-refractivity contribution is 0.0368. The number of H-pyrrole nitrogens is 1. The number of carbonyl (C=O) groups excluding carboxylic acids is 3. The fourth-order valence-corrected chi connectivity index (χ4v) is 4.30. The summed E-state index contributed by atoms with van der Waals surface area (Å²) in [6, 6.07) is 18.5.